The second kappa shape index (κ2) is 13.3. The summed E-state index contributed by atoms with van der Waals surface area (Å²) in [5.41, 5.74) is -1.26. The summed E-state index contributed by atoms with van der Waals surface area (Å²) in [6.45, 7) is 5.27. The van der Waals surface area contributed by atoms with Gasteiger partial charge < -0.3 is 0 Å². The molecule has 0 spiro atoms. The van der Waals surface area contributed by atoms with Crippen LogP contribution in [0.2, 0.25) is 0 Å². The zero-order valence-electron chi connectivity index (χ0n) is 24.8. The molecule has 0 aliphatic heterocycles. The van der Waals surface area contributed by atoms with Gasteiger partial charge in [-0.25, -0.2) is 8.51 Å². The Balaban J connectivity index is 1.97. The quantitative estimate of drug-likeness (QED) is 0.220. The molecule has 2 aromatic carbocycles. The highest BCUT2D eigenvalue weighted by Gasteiger charge is 2.41. The average molecular weight is 634 g/mol. The molecule has 234 valence electrons. The second-order valence-electron chi connectivity index (χ2n) is 12.7. The molecule has 42 heavy (non-hydrogen) atoms. The Labute approximate surface area is 250 Å². The topological polar surface area (TPSA) is 20.3 Å². The summed E-state index contributed by atoms with van der Waals surface area (Å²) >= 11 is 0. The number of hydrogen-bond donors (Lipinski definition) is 0. The van der Waals surface area contributed by atoms with Gasteiger partial charge in [-0.3, -0.25) is 0 Å². The van der Waals surface area contributed by atoms with E-state index in [1.807, 2.05) is 18.2 Å². The zero-order valence-corrected chi connectivity index (χ0v) is 26.5. The molecule has 0 aromatic heterocycles. The van der Waals surface area contributed by atoms with Gasteiger partial charge in [0, 0.05) is 7.05 Å². The molecule has 0 radical (unpaired) electrons. The molecule has 2 aromatic rings. The molecule has 2 nitrogen and oxygen atoms in total. The van der Waals surface area contributed by atoms with Crippen molar-refractivity contribution in [2.24, 2.45) is 0 Å². The minimum Gasteiger partial charge on any atom is -0.242 e. The van der Waals surface area contributed by atoms with Crippen molar-refractivity contribution in [3.05, 3.63) is 64.7 Å². The molecule has 2 aliphatic carbocycles. The van der Waals surface area contributed by atoms with Crippen molar-refractivity contribution in [3.8, 4) is 0 Å². The number of alkyl halides is 6. The Morgan fingerprint density at radius 3 is 1.64 bits per heavy atom. The first-order valence-electron chi connectivity index (χ1n) is 14.9. The van der Waals surface area contributed by atoms with Crippen molar-refractivity contribution in [1.29, 1.82) is 0 Å². The summed E-state index contributed by atoms with van der Waals surface area (Å²) in [6.07, 6.45) is 1.34. The van der Waals surface area contributed by atoms with E-state index in [1.54, 1.807) is 33.9 Å². The molecule has 0 heterocycles. The fourth-order valence-electron chi connectivity index (χ4n) is 6.61. The number of hydrogen-bond acceptors (Lipinski definition) is 1. The molecule has 1 unspecified atom stereocenters. The highest BCUT2D eigenvalue weighted by Crippen LogP contribution is 2.56. The van der Waals surface area contributed by atoms with Crippen LogP contribution >= 0.6 is 7.92 Å². The zero-order chi connectivity index (χ0) is 30.9. The Kier molecular flexibility index (Phi) is 10.6. The lowest BCUT2D eigenvalue weighted by atomic mass is 9.94. The largest absolute Gasteiger partial charge is 0.416 e. The Hall–Kier alpha value is -1.44. The molecular weight excluding hydrogens is 591 g/mol. The van der Waals surface area contributed by atoms with E-state index in [1.165, 1.54) is 17.1 Å². The number of nitrogens with zero attached hydrogens (tertiary/aromatic N) is 1. The molecule has 0 amide bonds. The van der Waals surface area contributed by atoms with Gasteiger partial charge in [-0.15, -0.1) is 0 Å². The first-order valence-corrected chi connectivity index (χ1v) is 17.5. The van der Waals surface area contributed by atoms with Gasteiger partial charge in [0.1, 0.15) is 11.0 Å². The van der Waals surface area contributed by atoms with Gasteiger partial charge in [-0.1, -0.05) is 70.7 Å². The van der Waals surface area contributed by atoms with Gasteiger partial charge in [0.2, 0.25) is 0 Å². The number of benzene rings is 2. The maximum atomic E-state index is 14.0. The molecule has 2 saturated carbocycles. The first kappa shape index (κ1) is 33.5. The van der Waals surface area contributed by atoms with E-state index in [2.05, 4.69) is 0 Å². The van der Waals surface area contributed by atoms with Crippen molar-refractivity contribution in [2.45, 2.75) is 119 Å². The van der Waals surface area contributed by atoms with Gasteiger partial charge in [0.15, 0.2) is 0 Å². The fourth-order valence-corrected chi connectivity index (χ4v) is 11.9. The van der Waals surface area contributed by atoms with Crippen LogP contribution in [-0.4, -0.2) is 31.6 Å². The Morgan fingerprint density at radius 1 is 0.762 bits per heavy atom. The maximum Gasteiger partial charge on any atom is 0.416 e. The van der Waals surface area contributed by atoms with Crippen molar-refractivity contribution < 1.29 is 30.6 Å². The van der Waals surface area contributed by atoms with Crippen LogP contribution in [0.5, 0.6) is 0 Å². The molecular formula is C32H42F6NOPS. The SMILES string of the molecule is CN([C@@H](c1cc(C(F)(F)F)cc(C(F)(F)F)c1)c1ccccc1P(C1CCCCC1)C1CCCCC1)S(=O)C(C)(C)C. The smallest absolute Gasteiger partial charge is 0.242 e. The molecule has 0 N–H and O–H groups in total. The predicted molar refractivity (Wildman–Crippen MR) is 161 cm³/mol. The van der Waals surface area contributed by atoms with Crippen LogP contribution in [0.1, 0.15) is 113 Å². The van der Waals surface area contributed by atoms with Crippen molar-refractivity contribution in [2.75, 3.05) is 7.05 Å². The normalized spacial score (nSPS) is 19.8. The third kappa shape index (κ3) is 7.79. The first-order chi connectivity index (χ1) is 19.6. The molecule has 4 rings (SSSR count). The summed E-state index contributed by atoms with van der Waals surface area (Å²) in [4.78, 5) is 0. The predicted octanol–water partition coefficient (Wildman–Crippen LogP) is 9.98. The van der Waals surface area contributed by atoms with E-state index in [9.17, 15) is 30.6 Å². The van der Waals surface area contributed by atoms with Crippen molar-refractivity contribution in [3.63, 3.8) is 0 Å². The minimum absolute atomic E-state index is 0.146. The van der Waals surface area contributed by atoms with E-state index < -0.39 is 53.2 Å². The van der Waals surface area contributed by atoms with Crippen LogP contribution in [-0.2, 0) is 23.3 Å². The molecule has 0 saturated heterocycles. The summed E-state index contributed by atoms with van der Waals surface area (Å²) in [5, 5.41) is 1.04. The van der Waals surface area contributed by atoms with Crippen molar-refractivity contribution >= 4 is 24.2 Å². The van der Waals surface area contributed by atoms with Crippen LogP contribution in [0, 0.1) is 0 Å². The van der Waals surface area contributed by atoms with Crippen molar-refractivity contribution in [1.82, 2.24) is 4.31 Å². The monoisotopic (exact) mass is 633 g/mol. The second-order valence-corrected chi connectivity index (χ2v) is 17.8. The number of halogens is 6. The van der Waals surface area contributed by atoms with Crippen LogP contribution in [0.25, 0.3) is 0 Å². The third-order valence-electron chi connectivity index (χ3n) is 8.52. The van der Waals surface area contributed by atoms with Gasteiger partial charge in [0.25, 0.3) is 0 Å². The van der Waals surface area contributed by atoms with E-state index in [4.69, 9.17) is 0 Å². The van der Waals surface area contributed by atoms with E-state index >= 15 is 0 Å². The van der Waals surface area contributed by atoms with Crippen LogP contribution in [0.15, 0.2) is 42.5 Å². The number of rotatable bonds is 7. The Morgan fingerprint density at radius 2 is 1.21 bits per heavy atom. The van der Waals surface area contributed by atoms with Crippen LogP contribution in [0.3, 0.4) is 0 Å². The lowest BCUT2D eigenvalue weighted by molar-refractivity contribution is -0.143. The lowest BCUT2D eigenvalue weighted by Crippen LogP contribution is -2.40. The molecule has 2 fully saturated rings. The van der Waals surface area contributed by atoms with Gasteiger partial charge in [-0.05, 0) is 92.4 Å². The van der Waals surface area contributed by atoms with Gasteiger partial charge >= 0.3 is 12.4 Å². The van der Waals surface area contributed by atoms with E-state index in [-0.39, 0.29) is 11.6 Å². The summed E-state index contributed by atoms with van der Waals surface area (Å²) in [5.74, 6) is 0. The highest BCUT2D eigenvalue weighted by molar-refractivity contribution is 7.84. The summed E-state index contributed by atoms with van der Waals surface area (Å²) in [6, 6.07) is 8.37. The molecule has 2 aliphatic rings. The standard InChI is InChI=1S/C32H42F6NOPS/c1-30(2,3)42(40)39(4)29(22-19-23(31(33,34)35)21-24(20-22)32(36,37)38)27-17-11-12-18-28(27)41(25-13-7-5-8-14-25)26-15-9-6-10-16-26/h11-12,17-21,25-26,29H,5-10,13-16H2,1-4H3/t29-,42?/m0/s1. The highest BCUT2D eigenvalue weighted by atomic mass is 32.2. The summed E-state index contributed by atoms with van der Waals surface area (Å²) < 4.78 is 98.5. The fraction of sp³-hybridized carbons (Fsp3) is 0.625. The van der Waals surface area contributed by atoms with E-state index in [0.717, 1.165) is 68.8 Å². The van der Waals surface area contributed by atoms with Gasteiger partial charge in [0.05, 0.1) is 21.9 Å². The minimum atomic E-state index is -4.97. The third-order valence-corrected chi connectivity index (χ3v) is 13.9. The van der Waals surface area contributed by atoms with Crippen LogP contribution in [0.4, 0.5) is 26.3 Å². The molecule has 10 heteroatoms. The van der Waals surface area contributed by atoms with Crippen LogP contribution < -0.4 is 5.30 Å². The molecule has 0 bridgehead atoms. The average Bonchev–Trinajstić information content (AvgIpc) is 2.93. The molecule has 2 atom stereocenters. The Bertz CT molecular complexity index is 1180. The van der Waals surface area contributed by atoms with Gasteiger partial charge in [-0.2, -0.15) is 26.3 Å². The lowest BCUT2D eigenvalue weighted by Gasteiger charge is -2.41. The summed E-state index contributed by atoms with van der Waals surface area (Å²) in [7, 11) is -0.905. The van der Waals surface area contributed by atoms with E-state index in [0.29, 0.717) is 16.9 Å². The maximum absolute atomic E-state index is 14.0.